The van der Waals surface area contributed by atoms with Crippen molar-refractivity contribution < 1.29 is 4.79 Å². The van der Waals surface area contributed by atoms with E-state index in [0.29, 0.717) is 18.6 Å². The van der Waals surface area contributed by atoms with E-state index in [1.54, 1.807) is 11.9 Å². The van der Waals surface area contributed by atoms with Crippen molar-refractivity contribution in [2.45, 2.75) is 0 Å². The number of nitriles is 1. The van der Waals surface area contributed by atoms with Crippen molar-refractivity contribution in [2.75, 3.05) is 24.2 Å². The largest absolute Gasteiger partial charge is 0.383 e. The summed E-state index contributed by atoms with van der Waals surface area (Å²) < 4.78 is 0. The third kappa shape index (κ3) is 2.10. The van der Waals surface area contributed by atoms with Gasteiger partial charge >= 0.3 is 0 Å². The van der Waals surface area contributed by atoms with E-state index >= 15 is 0 Å². The number of rotatable bonds is 3. The van der Waals surface area contributed by atoms with Crippen molar-refractivity contribution in [3.05, 3.63) is 17.2 Å². The molecule has 0 aliphatic carbocycles. The first-order chi connectivity index (χ1) is 7.63. The lowest BCUT2D eigenvalue weighted by molar-refractivity contribution is 0.112. The van der Waals surface area contributed by atoms with Crippen molar-refractivity contribution in [3.63, 3.8) is 0 Å². The SMILES string of the molecule is C#CCN(C)c1nc(N)c(C=O)cc1C#N. The third-order valence-corrected chi connectivity index (χ3v) is 2.00. The number of nitrogens with zero attached hydrogens (tertiary/aromatic N) is 3. The van der Waals surface area contributed by atoms with Crippen molar-refractivity contribution in [2.24, 2.45) is 0 Å². The lowest BCUT2D eigenvalue weighted by Gasteiger charge is -2.17. The van der Waals surface area contributed by atoms with Gasteiger partial charge in [-0.25, -0.2) is 4.98 Å². The normalized spacial score (nSPS) is 8.94. The fraction of sp³-hybridized carbons (Fsp3) is 0.182. The molecule has 0 aliphatic heterocycles. The van der Waals surface area contributed by atoms with Gasteiger partial charge in [0.15, 0.2) is 6.29 Å². The molecule has 0 saturated heterocycles. The molecule has 1 aromatic heterocycles. The van der Waals surface area contributed by atoms with Gasteiger partial charge in [-0.3, -0.25) is 4.79 Å². The Bertz CT molecular complexity index is 496. The average Bonchev–Trinajstić information content (AvgIpc) is 2.29. The summed E-state index contributed by atoms with van der Waals surface area (Å²) in [4.78, 5) is 16.2. The van der Waals surface area contributed by atoms with E-state index in [1.807, 2.05) is 6.07 Å². The first-order valence-corrected chi connectivity index (χ1v) is 4.44. The van der Waals surface area contributed by atoms with Gasteiger partial charge in [-0.05, 0) is 6.07 Å². The van der Waals surface area contributed by atoms with E-state index < -0.39 is 0 Å². The van der Waals surface area contributed by atoms with Gasteiger partial charge in [0.1, 0.15) is 17.7 Å². The lowest BCUT2D eigenvalue weighted by atomic mass is 10.2. The summed E-state index contributed by atoms with van der Waals surface area (Å²) in [7, 11) is 1.70. The van der Waals surface area contributed by atoms with Gasteiger partial charge in [0.2, 0.25) is 0 Å². The standard InChI is InChI=1S/C11H10N4O/c1-3-4-15(2)11-8(6-12)5-9(7-16)10(13)14-11/h1,5,7H,4H2,2H3,(H2,13,14). The van der Waals surface area contributed by atoms with Crippen LogP contribution in [0.15, 0.2) is 6.07 Å². The molecule has 0 aliphatic rings. The van der Waals surface area contributed by atoms with Crippen molar-refractivity contribution in [1.29, 1.82) is 5.26 Å². The Morgan fingerprint density at radius 1 is 1.75 bits per heavy atom. The van der Waals surface area contributed by atoms with Gasteiger partial charge in [0.05, 0.1) is 17.7 Å². The van der Waals surface area contributed by atoms with Gasteiger partial charge < -0.3 is 10.6 Å². The minimum Gasteiger partial charge on any atom is -0.383 e. The van der Waals surface area contributed by atoms with Gasteiger partial charge in [-0.1, -0.05) is 5.92 Å². The van der Waals surface area contributed by atoms with E-state index in [0.717, 1.165) is 0 Å². The molecular weight excluding hydrogens is 204 g/mol. The number of nitrogens with two attached hydrogens (primary N) is 1. The first kappa shape index (κ1) is 11.5. The maximum atomic E-state index is 10.6. The monoisotopic (exact) mass is 214 g/mol. The maximum Gasteiger partial charge on any atom is 0.153 e. The second kappa shape index (κ2) is 4.81. The number of nitrogen functional groups attached to an aromatic ring is 1. The van der Waals surface area contributed by atoms with Gasteiger partial charge in [-0.2, -0.15) is 5.26 Å². The molecule has 80 valence electrons. The molecule has 0 aromatic carbocycles. The lowest BCUT2D eigenvalue weighted by Crippen LogP contribution is -2.20. The number of terminal acetylenes is 1. The molecule has 0 radical (unpaired) electrons. The molecule has 1 rings (SSSR count). The third-order valence-electron chi connectivity index (χ3n) is 2.00. The topological polar surface area (TPSA) is 83.0 Å². The van der Waals surface area contributed by atoms with Crippen molar-refractivity contribution in [3.8, 4) is 18.4 Å². The highest BCUT2D eigenvalue weighted by Gasteiger charge is 2.12. The van der Waals surface area contributed by atoms with Crippen LogP contribution in [0, 0.1) is 23.7 Å². The number of carbonyl (C=O) groups is 1. The number of hydrogen-bond acceptors (Lipinski definition) is 5. The zero-order chi connectivity index (χ0) is 12.1. The Morgan fingerprint density at radius 3 is 2.94 bits per heavy atom. The second-order valence-electron chi connectivity index (χ2n) is 3.12. The molecule has 0 saturated carbocycles. The molecule has 0 unspecified atom stereocenters. The molecule has 5 nitrogen and oxygen atoms in total. The highest BCUT2D eigenvalue weighted by molar-refractivity contribution is 5.83. The number of anilines is 2. The molecule has 16 heavy (non-hydrogen) atoms. The number of hydrogen-bond donors (Lipinski definition) is 1. The van der Waals surface area contributed by atoms with E-state index in [1.165, 1.54) is 6.07 Å². The highest BCUT2D eigenvalue weighted by atomic mass is 16.1. The molecule has 0 spiro atoms. The van der Waals surface area contributed by atoms with E-state index in [-0.39, 0.29) is 16.9 Å². The zero-order valence-corrected chi connectivity index (χ0v) is 8.77. The van der Waals surface area contributed by atoms with Crippen LogP contribution >= 0.6 is 0 Å². The summed E-state index contributed by atoms with van der Waals surface area (Å²) >= 11 is 0. The van der Waals surface area contributed by atoms with Crippen molar-refractivity contribution >= 4 is 17.9 Å². The summed E-state index contributed by atoms with van der Waals surface area (Å²) in [6.07, 6.45) is 5.73. The molecule has 5 heteroatoms. The van der Waals surface area contributed by atoms with Crippen LogP contribution in [0.5, 0.6) is 0 Å². The number of carbonyl (C=O) groups excluding carboxylic acids is 1. The minimum atomic E-state index is 0.0906. The molecule has 0 amide bonds. The Hall–Kier alpha value is -2.53. The van der Waals surface area contributed by atoms with Crippen LogP contribution in [0.2, 0.25) is 0 Å². The van der Waals surface area contributed by atoms with Crippen LogP contribution in [-0.4, -0.2) is 24.9 Å². The smallest absolute Gasteiger partial charge is 0.153 e. The summed E-state index contributed by atoms with van der Waals surface area (Å²) in [6, 6.07) is 3.35. The second-order valence-corrected chi connectivity index (χ2v) is 3.12. The van der Waals surface area contributed by atoms with E-state index in [4.69, 9.17) is 17.4 Å². The molecule has 1 heterocycles. The summed E-state index contributed by atoms with van der Waals surface area (Å²) in [5, 5.41) is 8.92. The zero-order valence-electron chi connectivity index (χ0n) is 8.77. The van der Waals surface area contributed by atoms with Crippen LogP contribution in [0.25, 0.3) is 0 Å². The predicted octanol–water partition coefficient (Wildman–Crippen LogP) is 0.417. The van der Waals surface area contributed by atoms with E-state index in [9.17, 15) is 4.79 Å². The predicted molar refractivity (Wildman–Crippen MR) is 60.9 cm³/mol. The number of aromatic nitrogens is 1. The molecule has 2 N–H and O–H groups in total. The van der Waals surface area contributed by atoms with E-state index in [2.05, 4.69) is 10.9 Å². The fourth-order valence-corrected chi connectivity index (χ4v) is 1.21. The average molecular weight is 214 g/mol. The summed E-state index contributed by atoms with van der Waals surface area (Å²) in [5.74, 6) is 2.90. The van der Waals surface area contributed by atoms with Crippen LogP contribution in [-0.2, 0) is 0 Å². The first-order valence-electron chi connectivity index (χ1n) is 4.44. The minimum absolute atomic E-state index is 0.0906. The van der Waals surface area contributed by atoms with Crippen LogP contribution in [0.3, 0.4) is 0 Å². The van der Waals surface area contributed by atoms with Gasteiger partial charge in [-0.15, -0.1) is 6.42 Å². The quantitative estimate of drug-likeness (QED) is 0.582. The van der Waals surface area contributed by atoms with Gasteiger partial charge in [0.25, 0.3) is 0 Å². The Morgan fingerprint density at radius 2 is 2.44 bits per heavy atom. The summed E-state index contributed by atoms with van der Waals surface area (Å²) in [6.45, 7) is 0.307. The Balaban J connectivity index is 3.30. The highest BCUT2D eigenvalue weighted by Crippen LogP contribution is 2.20. The molecule has 0 atom stereocenters. The van der Waals surface area contributed by atoms with Gasteiger partial charge in [0, 0.05) is 7.05 Å². The van der Waals surface area contributed by atoms with Crippen molar-refractivity contribution in [1.82, 2.24) is 4.98 Å². The summed E-state index contributed by atoms with van der Waals surface area (Å²) in [5.41, 5.74) is 6.03. The van der Waals surface area contributed by atoms with Crippen LogP contribution < -0.4 is 10.6 Å². The Kier molecular flexibility index (Phi) is 3.47. The molecule has 0 fully saturated rings. The Labute approximate surface area is 93.5 Å². The maximum absolute atomic E-state index is 10.6. The van der Waals surface area contributed by atoms with Crippen LogP contribution in [0.1, 0.15) is 15.9 Å². The molecular formula is C11H10N4O. The molecule has 1 aromatic rings. The van der Waals surface area contributed by atoms with Crippen LogP contribution in [0.4, 0.5) is 11.6 Å². The molecule has 0 bridgehead atoms. The number of aldehydes is 1. The number of pyridine rings is 1. The fourth-order valence-electron chi connectivity index (χ4n) is 1.21.